The van der Waals surface area contributed by atoms with E-state index in [1.165, 1.54) is 24.3 Å². The molecule has 2 rings (SSSR count). The Morgan fingerprint density at radius 3 is 2.57 bits per heavy atom. The lowest BCUT2D eigenvalue weighted by Gasteiger charge is -2.13. The van der Waals surface area contributed by atoms with E-state index in [2.05, 4.69) is 15.4 Å². The second-order valence-electron chi connectivity index (χ2n) is 4.10. The van der Waals surface area contributed by atoms with Gasteiger partial charge in [0.2, 0.25) is 5.88 Å². The minimum absolute atomic E-state index is 0.00787. The minimum Gasteiger partial charge on any atom is -0.438 e. The van der Waals surface area contributed by atoms with Gasteiger partial charge in [0, 0.05) is 12.5 Å². The first-order valence-electron chi connectivity index (χ1n) is 6.12. The summed E-state index contributed by atoms with van der Waals surface area (Å²) in [6.45, 7) is 1.81. The number of hydrazine groups is 1. The van der Waals surface area contributed by atoms with E-state index in [1.54, 1.807) is 0 Å². The van der Waals surface area contributed by atoms with E-state index in [4.69, 9.17) is 10.6 Å². The number of ether oxygens (including phenoxy) is 1. The van der Waals surface area contributed by atoms with Crippen molar-refractivity contribution >= 4 is 5.82 Å². The molecule has 1 aromatic heterocycles. The topological polar surface area (TPSA) is 73.1 Å². The Morgan fingerprint density at radius 1 is 1.24 bits per heavy atom. The number of nitrogens with one attached hydrogen (secondary N) is 1. The van der Waals surface area contributed by atoms with Crippen LogP contribution in [0.5, 0.6) is 11.6 Å². The Morgan fingerprint density at radius 2 is 1.95 bits per heavy atom. The third-order valence-electron chi connectivity index (χ3n) is 2.62. The number of hydrogen-bond donors (Lipinski definition) is 2. The van der Waals surface area contributed by atoms with E-state index in [1.807, 2.05) is 6.92 Å². The summed E-state index contributed by atoms with van der Waals surface area (Å²) in [6, 6.07) is 6.24. The SMILES string of the molecule is CCc1nc(NN)cc(Oc2ccccc2C(F)(F)F)n1. The van der Waals surface area contributed by atoms with Crippen molar-refractivity contribution in [2.75, 3.05) is 5.43 Å². The fourth-order valence-corrected chi connectivity index (χ4v) is 1.66. The first-order valence-corrected chi connectivity index (χ1v) is 6.12. The van der Waals surface area contributed by atoms with E-state index in [-0.39, 0.29) is 17.4 Å². The molecule has 5 nitrogen and oxygen atoms in total. The van der Waals surface area contributed by atoms with Crippen LogP contribution in [0.3, 0.4) is 0 Å². The van der Waals surface area contributed by atoms with Crippen LogP contribution < -0.4 is 16.0 Å². The van der Waals surface area contributed by atoms with Crippen LogP contribution in [0, 0.1) is 0 Å². The largest absolute Gasteiger partial charge is 0.438 e. The average Bonchev–Trinajstić information content (AvgIpc) is 2.46. The smallest absolute Gasteiger partial charge is 0.419 e. The molecule has 0 atom stereocenters. The van der Waals surface area contributed by atoms with E-state index in [9.17, 15) is 13.2 Å². The first-order chi connectivity index (χ1) is 9.94. The molecule has 0 saturated heterocycles. The molecular formula is C13H13F3N4O. The van der Waals surface area contributed by atoms with Crippen molar-refractivity contribution in [2.24, 2.45) is 5.84 Å². The number of rotatable bonds is 4. The lowest BCUT2D eigenvalue weighted by Crippen LogP contribution is -2.11. The summed E-state index contributed by atoms with van der Waals surface area (Å²) in [5.74, 6) is 5.60. The van der Waals surface area contributed by atoms with Crippen LogP contribution in [-0.2, 0) is 12.6 Å². The maximum Gasteiger partial charge on any atom is 0.419 e. The highest BCUT2D eigenvalue weighted by molar-refractivity contribution is 5.42. The Kier molecular flexibility index (Phi) is 4.27. The van der Waals surface area contributed by atoms with E-state index in [0.717, 1.165) is 6.07 Å². The number of aryl methyl sites for hydroxylation is 1. The Hall–Kier alpha value is -2.35. The molecule has 112 valence electrons. The molecule has 3 N–H and O–H groups in total. The zero-order valence-electron chi connectivity index (χ0n) is 11.1. The van der Waals surface area contributed by atoms with Crippen molar-refractivity contribution in [3.63, 3.8) is 0 Å². The molecule has 0 unspecified atom stereocenters. The van der Waals surface area contributed by atoms with Gasteiger partial charge in [-0.15, -0.1) is 0 Å². The molecule has 0 amide bonds. The molecule has 0 aliphatic heterocycles. The van der Waals surface area contributed by atoms with Crippen LogP contribution in [-0.4, -0.2) is 9.97 Å². The number of nitrogens with two attached hydrogens (primary N) is 1. The number of nitrogens with zero attached hydrogens (tertiary/aromatic N) is 2. The van der Waals surface area contributed by atoms with Gasteiger partial charge in [-0.2, -0.15) is 18.2 Å². The van der Waals surface area contributed by atoms with Gasteiger partial charge in [0.1, 0.15) is 17.4 Å². The second-order valence-corrected chi connectivity index (χ2v) is 4.10. The van der Waals surface area contributed by atoms with Crippen LogP contribution in [0.25, 0.3) is 0 Å². The molecule has 0 radical (unpaired) electrons. The molecule has 1 heterocycles. The summed E-state index contributed by atoms with van der Waals surface area (Å²) in [7, 11) is 0. The molecule has 0 bridgehead atoms. The number of halogens is 3. The maximum absolute atomic E-state index is 12.9. The van der Waals surface area contributed by atoms with Crippen molar-refractivity contribution in [3.05, 3.63) is 41.7 Å². The molecule has 0 fully saturated rings. The van der Waals surface area contributed by atoms with Crippen molar-refractivity contribution in [1.29, 1.82) is 0 Å². The van der Waals surface area contributed by atoms with Crippen LogP contribution in [0.15, 0.2) is 30.3 Å². The average molecular weight is 298 g/mol. The number of anilines is 1. The summed E-state index contributed by atoms with van der Waals surface area (Å²) in [4.78, 5) is 8.06. The van der Waals surface area contributed by atoms with E-state index in [0.29, 0.717) is 12.2 Å². The summed E-state index contributed by atoms with van der Waals surface area (Å²) in [5, 5.41) is 0. The van der Waals surface area contributed by atoms with Crippen molar-refractivity contribution < 1.29 is 17.9 Å². The fraction of sp³-hybridized carbons (Fsp3) is 0.231. The van der Waals surface area contributed by atoms with Gasteiger partial charge in [-0.05, 0) is 12.1 Å². The van der Waals surface area contributed by atoms with Crippen LogP contribution in [0.4, 0.5) is 19.0 Å². The van der Waals surface area contributed by atoms with Crippen LogP contribution in [0.1, 0.15) is 18.3 Å². The van der Waals surface area contributed by atoms with Gasteiger partial charge >= 0.3 is 6.18 Å². The number of benzene rings is 1. The van der Waals surface area contributed by atoms with Gasteiger partial charge in [0.05, 0.1) is 5.56 Å². The Bertz CT molecular complexity index is 609. The fourth-order valence-electron chi connectivity index (χ4n) is 1.66. The highest BCUT2D eigenvalue weighted by Gasteiger charge is 2.34. The zero-order valence-corrected chi connectivity index (χ0v) is 11.1. The first kappa shape index (κ1) is 15.0. The lowest BCUT2D eigenvalue weighted by molar-refractivity contribution is -0.138. The molecule has 0 saturated carbocycles. The van der Waals surface area contributed by atoms with E-state index < -0.39 is 11.7 Å². The Labute approximate surface area is 118 Å². The van der Waals surface area contributed by atoms with Gasteiger partial charge in [-0.3, -0.25) is 0 Å². The molecular weight excluding hydrogens is 285 g/mol. The molecule has 21 heavy (non-hydrogen) atoms. The standard InChI is InChI=1S/C13H13F3N4O/c1-2-10-18-11(20-17)7-12(19-10)21-9-6-4-3-5-8(9)13(14,15)16/h3-7H,2,17H2,1H3,(H,18,19,20). The molecule has 0 aliphatic rings. The predicted molar refractivity (Wildman–Crippen MR) is 70.7 cm³/mol. The van der Waals surface area contributed by atoms with Gasteiger partial charge < -0.3 is 10.2 Å². The summed E-state index contributed by atoms with van der Waals surface area (Å²) in [6.07, 6.45) is -4.01. The highest BCUT2D eigenvalue weighted by atomic mass is 19.4. The lowest BCUT2D eigenvalue weighted by atomic mass is 10.2. The van der Waals surface area contributed by atoms with Gasteiger partial charge in [0.25, 0.3) is 0 Å². The monoisotopic (exact) mass is 298 g/mol. The maximum atomic E-state index is 12.9. The number of hydrogen-bond acceptors (Lipinski definition) is 5. The normalized spacial score (nSPS) is 11.3. The van der Waals surface area contributed by atoms with Gasteiger partial charge in [0.15, 0.2) is 0 Å². The summed E-state index contributed by atoms with van der Waals surface area (Å²) in [5.41, 5.74) is 1.45. The minimum atomic E-state index is -4.51. The van der Waals surface area contributed by atoms with Crippen LogP contribution >= 0.6 is 0 Å². The summed E-state index contributed by atoms with van der Waals surface area (Å²) >= 11 is 0. The zero-order chi connectivity index (χ0) is 15.5. The number of alkyl halides is 3. The molecule has 0 spiro atoms. The summed E-state index contributed by atoms with van der Waals surface area (Å²) < 4.78 is 43.9. The predicted octanol–water partition coefficient (Wildman–Crippen LogP) is 3.14. The number of nitrogen functional groups attached to an aromatic ring is 1. The third-order valence-corrected chi connectivity index (χ3v) is 2.62. The molecule has 0 aliphatic carbocycles. The number of para-hydroxylation sites is 1. The Balaban J connectivity index is 2.39. The van der Waals surface area contributed by atoms with Crippen molar-refractivity contribution in [1.82, 2.24) is 9.97 Å². The molecule has 1 aromatic carbocycles. The van der Waals surface area contributed by atoms with Crippen molar-refractivity contribution in [3.8, 4) is 11.6 Å². The van der Waals surface area contributed by atoms with Gasteiger partial charge in [-0.25, -0.2) is 10.8 Å². The molecule has 2 aromatic rings. The van der Waals surface area contributed by atoms with E-state index >= 15 is 0 Å². The van der Waals surface area contributed by atoms with Crippen molar-refractivity contribution in [2.45, 2.75) is 19.5 Å². The quantitative estimate of drug-likeness (QED) is 0.670. The second kappa shape index (κ2) is 5.96. The van der Waals surface area contributed by atoms with Gasteiger partial charge in [-0.1, -0.05) is 19.1 Å². The third kappa shape index (κ3) is 3.60. The highest BCUT2D eigenvalue weighted by Crippen LogP contribution is 2.37. The number of aromatic nitrogens is 2. The molecule has 8 heteroatoms. The van der Waals surface area contributed by atoms with Crippen LogP contribution in [0.2, 0.25) is 0 Å².